The number of nitrogens with one attached hydrogen (secondary N) is 3. The van der Waals surface area contributed by atoms with Gasteiger partial charge in [0.1, 0.15) is 0 Å². The van der Waals surface area contributed by atoms with Gasteiger partial charge in [0, 0.05) is 0 Å². The molecule has 2 aromatic rings. The van der Waals surface area contributed by atoms with Gasteiger partial charge in [-0.1, -0.05) is 24.3 Å². The summed E-state index contributed by atoms with van der Waals surface area (Å²) in [4.78, 5) is 0. The first-order valence-electron chi connectivity index (χ1n) is 6.61. The quantitative estimate of drug-likeness (QED) is 0.475. The van der Waals surface area contributed by atoms with Gasteiger partial charge in [-0.3, -0.25) is 0 Å². The van der Waals surface area contributed by atoms with Gasteiger partial charge in [0.15, 0.2) is 11.5 Å². The molecule has 0 bridgehead atoms. The van der Waals surface area contributed by atoms with Crippen molar-refractivity contribution >= 4 is 23.8 Å². The number of benzene rings is 2. The van der Waals surface area contributed by atoms with Gasteiger partial charge in [-0.15, -0.1) is 44.3 Å². The van der Waals surface area contributed by atoms with Gasteiger partial charge >= 0.3 is 12.7 Å². The highest BCUT2D eigenvalue weighted by molar-refractivity contribution is 5.85. The summed E-state index contributed by atoms with van der Waals surface area (Å²) in [6, 6.07) is 10.2. The molecule has 2 rings (SSSR count). The topological polar surface area (TPSA) is 54.5 Å². The van der Waals surface area contributed by atoms with Crippen LogP contribution in [0.1, 0.15) is 0 Å². The van der Waals surface area contributed by atoms with Gasteiger partial charge in [0.25, 0.3) is 0 Å². The molecule has 0 unspecified atom stereocenters. The molecule has 2 aromatic carbocycles. The summed E-state index contributed by atoms with van der Waals surface area (Å²) >= 11 is 0. The zero-order chi connectivity index (χ0) is 18.5. The molecule has 0 fully saturated rings. The second-order valence-corrected chi connectivity index (χ2v) is 4.46. The van der Waals surface area contributed by atoms with Crippen LogP contribution in [0.2, 0.25) is 0 Å². The van der Waals surface area contributed by atoms with Gasteiger partial charge < -0.3 is 20.3 Å². The predicted molar refractivity (Wildman–Crippen MR) is 83.9 cm³/mol. The van der Waals surface area contributed by atoms with Crippen molar-refractivity contribution in [2.75, 3.05) is 10.9 Å². The maximum absolute atomic E-state index is 12.3. The van der Waals surface area contributed by atoms with Crippen molar-refractivity contribution < 1.29 is 35.8 Å². The second-order valence-electron chi connectivity index (χ2n) is 4.46. The van der Waals surface area contributed by atoms with Crippen LogP contribution in [0.4, 0.5) is 37.7 Å². The third-order valence-corrected chi connectivity index (χ3v) is 2.62. The Morgan fingerprint density at radius 3 is 1.31 bits per heavy atom. The lowest BCUT2D eigenvalue weighted by Gasteiger charge is -2.17. The van der Waals surface area contributed by atoms with Crippen LogP contribution < -0.4 is 25.9 Å². The number of hydrogen-bond acceptors (Lipinski definition) is 5. The van der Waals surface area contributed by atoms with Gasteiger partial charge in [-0.05, 0) is 24.3 Å². The van der Waals surface area contributed by atoms with Crippen LogP contribution >= 0.6 is 12.4 Å². The Hall–Kier alpha value is -2.53. The average Bonchev–Trinajstić information content (AvgIpc) is 2.48. The molecule has 0 heterocycles. The highest BCUT2D eigenvalue weighted by atomic mass is 35.5. The molecule has 5 nitrogen and oxygen atoms in total. The fraction of sp³-hybridized carbons (Fsp3) is 0.143. The van der Waals surface area contributed by atoms with Crippen molar-refractivity contribution in [3.8, 4) is 11.5 Å². The third kappa shape index (κ3) is 7.15. The molecule has 0 radical (unpaired) electrons. The number of ether oxygens (including phenoxy) is 2. The molecule has 0 aliphatic heterocycles. The van der Waals surface area contributed by atoms with E-state index in [0.29, 0.717) is 0 Å². The van der Waals surface area contributed by atoms with E-state index in [1.54, 1.807) is 0 Å². The van der Waals surface area contributed by atoms with E-state index < -0.39 is 24.2 Å². The summed E-state index contributed by atoms with van der Waals surface area (Å²) in [6.45, 7) is 0. The number of alkyl halides is 6. The molecule has 0 atom stereocenters. The standard InChI is InChI=1S/C14H11F6N3O2.ClH/c15-13(16,17)24-11-7-3-1-5-9(11)21-23-22-10-6-2-4-8-12(10)25-14(18,19)20;/h1-8,21-23H;1H. The number of hydrazine groups is 2. The Morgan fingerprint density at radius 1 is 0.615 bits per heavy atom. The van der Waals surface area contributed by atoms with E-state index in [4.69, 9.17) is 0 Å². The molecule has 0 aliphatic rings. The van der Waals surface area contributed by atoms with E-state index in [1.165, 1.54) is 36.4 Å². The van der Waals surface area contributed by atoms with Crippen LogP contribution in [-0.2, 0) is 0 Å². The summed E-state index contributed by atoms with van der Waals surface area (Å²) in [7, 11) is 0. The lowest BCUT2D eigenvalue weighted by atomic mass is 10.3. The number of halogens is 7. The van der Waals surface area contributed by atoms with Crippen molar-refractivity contribution in [2.24, 2.45) is 0 Å². The molecule has 0 saturated carbocycles. The summed E-state index contributed by atoms with van der Waals surface area (Å²) in [5, 5.41) is 0. The van der Waals surface area contributed by atoms with E-state index >= 15 is 0 Å². The number of anilines is 2. The highest BCUT2D eigenvalue weighted by Gasteiger charge is 2.33. The lowest BCUT2D eigenvalue weighted by molar-refractivity contribution is -0.275. The molecule has 144 valence electrons. The first-order chi connectivity index (χ1) is 11.6. The summed E-state index contributed by atoms with van der Waals surface area (Å²) in [6.07, 6.45) is -9.78. The summed E-state index contributed by atoms with van der Waals surface area (Å²) in [5.74, 6) is -1.05. The molecular weight excluding hydrogens is 392 g/mol. The van der Waals surface area contributed by atoms with Gasteiger partial charge in [-0.25, -0.2) is 0 Å². The molecule has 26 heavy (non-hydrogen) atoms. The van der Waals surface area contributed by atoms with E-state index in [-0.39, 0.29) is 23.8 Å². The Balaban J connectivity index is 0.00000338. The number of hydrogen-bond donors (Lipinski definition) is 3. The minimum absolute atomic E-state index is 0. The van der Waals surface area contributed by atoms with Crippen LogP contribution in [0.15, 0.2) is 48.5 Å². The molecule has 0 aromatic heterocycles. The molecule has 12 heteroatoms. The van der Waals surface area contributed by atoms with Crippen molar-refractivity contribution in [1.29, 1.82) is 0 Å². The fourth-order valence-corrected chi connectivity index (χ4v) is 1.73. The molecule has 0 spiro atoms. The second kappa shape index (κ2) is 8.72. The van der Waals surface area contributed by atoms with Crippen LogP contribution in [0.25, 0.3) is 0 Å². The van der Waals surface area contributed by atoms with Gasteiger partial charge in [0.2, 0.25) is 0 Å². The first kappa shape index (κ1) is 21.5. The van der Waals surface area contributed by atoms with Crippen LogP contribution in [0, 0.1) is 0 Å². The normalized spacial score (nSPS) is 11.3. The smallest absolute Gasteiger partial charge is 0.404 e. The Morgan fingerprint density at radius 2 is 0.962 bits per heavy atom. The Labute approximate surface area is 149 Å². The average molecular weight is 404 g/mol. The van der Waals surface area contributed by atoms with E-state index in [9.17, 15) is 26.3 Å². The van der Waals surface area contributed by atoms with Crippen molar-refractivity contribution in [1.82, 2.24) is 5.53 Å². The monoisotopic (exact) mass is 403 g/mol. The van der Waals surface area contributed by atoms with E-state index in [0.717, 1.165) is 12.1 Å². The molecule has 3 N–H and O–H groups in total. The highest BCUT2D eigenvalue weighted by Crippen LogP contribution is 2.31. The maximum atomic E-state index is 12.3. The Bertz CT molecular complexity index is 652. The summed E-state index contributed by atoms with van der Waals surface area (Å²) in [5.41, 5.74) is 6.79. The first-order valence-corrected chi connectivity index (χ1v) is 6.61. The van der Waals surface area contributed by atoms with Crippen LogP contribution in [0.5, 0.6) is 11.5 Å². The van der Waals surface area contributed by atoms with Gasteiger partial charge in [-0.2, -0.15) is 0 Å². The van der Waals surface area contributed by atoms with Crippen molar-refractivity contribution in [3.05, 3.63) is 48.5 Å². The zero-order valence-corrected chi connectivity index (χ0v) is 13.4. The fourth-order valence-electron chi connectivity index (χ4n) is 1.73. The zero-order valence-electron chi connectivity index (χ0n) is 12.6. The molecule has 0 saturated heterocycles. The molecular formula is C14H12ClF6N3O2. The minimum Gasteiger partial charge on any atom is -0.404 e. The van der Waals surface area contributed by atoms with Crippen molar-refractivity contribution in [2.45, 2.75) is 12.7 Å². The number of rotatable bonds is 6. The lowest BCUT2D eigenvalue weighted by Crippen LogP contribution is -2.29. The SMILES string of the molecule is Cl.FC(F)(F)Oc1ccccc1NNNc1ccccc1OC(F)(F)F. The van der Waals surface area contributed by atoms with Crippen LogP contribution in [0.3, 0.4) is 0 Å². The van der Waals surface area contributed by atoms with Crippen molar-refractivity contribution in [3.63, 3.8) is 0 Å². The summed E-state index contributed by atoms with van der Waals surface area (Å²) < 4.78 is 81.5. The largest absolute Gasteiger partial charge is 0.573 e. The minimum atomic E-state index is -4.89. The third-order valence-electron chi connectivity index (χ3n) is 2.62. The maximum Gasteiger partial charge on any atom is 0.573 e. The molecule has 0 aliphatic carbocycles. The van der Waals surface area contributed by atoms with E-state index in [1.807, 2.05) is 0 Å². The van der Waals surface area contributed by atoms with E-state index in [2.05, 4.69) is 25.9 Å². The number of para-hydroxylation sites is 4. The predicted octanol–water partition coefficient (Wildman–Crippen LogP) is 4.85. The van der Waals surface area contributed by atoms with Crippen LogP contribution in [-0.4, -0.2) is 12.7 Å². The molecule has 0 amide bonds. The van der Waals surface area contributed by atoms with Gasteiger partial charge in [0.05, 0.1) is 11.4 Å². The Kier molecular flexibility index (Phi) is 7.21.